The molecule has 0 saturated heterocycles. The highest BCUT2D eigenvalue weighted by Gasteiger charge is 2.73. The van der Waals surface area contributed by atoms with Gasteiger partial charge in [-0.2, -0.15) is 35.8 Å². The zero-order valence-corrected chi connectivity index (χ0v) is 16.7. The number of benzene rings is 2. The van der Waals surface area contributed by atoms with Crippen LogP contribution < -0.4 is 10.2 Å². The first-order valence-electron chi connectivity index (χ1n) is 7.74. The largest absolute Gasteiger partial charge is 0.486 e. The van der Waals surface area contributed by atoms with Gasteiger partial charge in [0.25, 0.3) is 0 Å². The van der Waals surface area contributed by atoms with Crippen molar-refractivity contribution in [2.75, 3.05) is 0 Å². The maximum Gasteiger partial charge on any atom is 0.462 e. The van der Waals surface area contributed by atoms with Crippen molar-refractivity contribution in [2.24, 2.45) is 5.10 Å². The quantitative estimate of drug-likeness (QED) is 0.195. The molecule has 164 valence electrons. The van der Waals surface area contributed by atoms with Gasteiger partial charge in [0.1, 0.15) is 6.61 Å². The summed E-state index contributed by atoms with van der Waals surface area (Å²) in [7, 11) is 0. The Morgan fingerprint density at radius 3 is 2.00 bits per heavy atom. The van der Waals surface area contributed by atoms with E-state index in [0.29, 0.717) is 22.2 Å². The maximum atomic E-state index is 13.1. The van der Waals surface area contributed by atoms with Crippen LogP contribution in [0.1, 0.15) is 11.1 Å². The molecule has 0 fully saturated rings. The molecule has 0 aliphatic carbocycles. The summed E-state index contributed by atoms with van der Waals surface area (Å²) in [5, 5.41) is 2.97. The molecular weight excluding hydrogens is 488 g/mol. The van der Waals surface area contributed by atoms with E-state index in [1.54, 1.807) is 24.3 Å². The molecule has 3 nitrogen and oxygen atoms in total. The van der Waals surface area contributed by atoms with Crippen LogP contribution in [0.15, 0.2) is 41.5 Å². The Bertz CT molecular complexity index is 913. The minimum Gasteiger partial charge on any atom is -0.486 e. The van der Waals surface area contributed by atoms with E-state index in [1.807, 2.05) is 0 Å². The van der Waals surface area contributed by atoms with Crippen LogP contribution in [0.3, 0.4) is 0 Å². The van der Waals surface area contributed by atoms with Crippen LogP contribution in [-0.4, -0.2) is 24.4 Å². The molecule has 0 heterocycles. The number of ether oxygens (including phenoxy) is 1. The molecule has 0 unspecified atom stereocenters. The highest BCUT2D eigenvalue weighted by atomic mass is 35.5. The summed E-state index contributed by atoms with van der Waals surface area (Å²) in [5.41, 5.74) is 1.04. The molecule has 0 bridgehead atoms. The summed E-state index contributed by atoms with van der Waals surface area (Å²) < 4.78 is 93.5. The summed E-state index contributed by atoms with van der Waals surface area (Å²) in [6.45, 7) is -0.00709. The van der Waals surface area contributed by atoms with Crippen molar-refractivity contribution in [3.05, 3.63) is 62.6 Å². The van der Waals surface area contributed by atoms with Crippen molar-refractivity contribution >= 4 is 41.0 Å². The minimum atomic E-state index is -6.48. The van der Waals surface area contributed by atoms with E-state index >= 15 is 0 Å². The van der Waals surface area contributed by atoms with Gasteiger partial charge >= 0.3 is 18.1 Å². The van der Waals surface area contributed by atoms with Gasteiger partial charge < -0.3 is 4.74 Å². The number of hydrazone groups is 1. The lowest BCUT2D eigenvalue weighted by Gasteiger charge is -2.27. The molecule has 0 atom stereocenters. The fourth-order valence-corrected chi connectivity index (χ4v) is 2.80. The molecule has 30 heavy (non-hydrogen) atoms. The maximum absolute atomic E-state index is 13.1. The standard InChI is InChI=1S/C17H10Cl3F7N2O/c18-11-4-2-1-3-10(11)8-30-14-12(19)5-9(6-13(14)20)7-28-29-17(26,27)15(21,22)16(23,24)25/h1-7,29H,8H2/b28-7+. The van der Waals surface area contributed by atoms with Gasteiger partial charge in [-0.1, -0.05) is 53.0 Å². The zero-order valence-electron chi connectivity index (χ0n) is 14.4. The first-order chi connectivity index (χ1) is 13.8. The molecule has 13 heteroatoms. The third-order valence-electron chi connectivity index (χ3n) is 3.52. The summed E-state index contributed by atoms with van der Waals surface area (Å²) in [6, 6.07) is 3.32. The first-order valence-corrected chi connectivity index (χ1v) is 8.87. The second-order valence-electron chi connectivity index (χ2n) is 5.71. The van der Waals surface area contributed by atoms with Crippen LogP contribution in [-0.2, 0) is 6.61 Å². The van der Waals surface area contributed by atoms with Gasteiger partial charge in [0.2, 0.25) is 0 Å². The van der Waals surface area contributed by atoms with E-state index in [9.17, 15) is 30.7 Å². The number of rotatable bonds is 7. The van der Waals surface area contributed by atoms with Crippen molar-refractivity contribution in [2.45, 2.75) is 24.8 Å². The van der Waals surface area contributed by atoms with Gasteiger partial charge in [-0.15, -0.1) is 0 Å². The number of nitrogens with one attached hydrogen (secondary N) is 1. The van der Waals surface area contributed by atoms with Crippen LogP contribution in [0, 0.1) is 0 Å². The lowest BCUT2D eigenvalue weighted by Crippen LogP contribution is -2.58. The van der Waals surface area contributed by atoms with Crippen LogP contribution in [0.25, 0.3) is 0 Å². The van der Waals surface area contributed by atoms with Crippen LogP contribution >= 0.6 is 34.8 Å². The molecule has 1 N–H and O–H groups in total. The highest BCUT2D eigenvalue weighted by Crippen LogP contribution is 2.45. The van der Waals surface area contributed by atoms with Crippen LogP contribution in [0.2, 0.25) is 15.1 Å². The van der Waals surface area contributed by atoms with E-state index < -0.39 is 18.1 Å². The van der Waals surface area contributed by atoms with Gasteiger partial charge in [0.05, 0.1) is 16.3 Å². The Morgan fingerprint density at radius 2 is 1.47 bits per heavy atom. The lowest BCUT2D eigenvalue weighted by atomic mass is 10.2. The number of alkyl halides is 7. The van der Waals surface area contributed by atoms with Crippen molar-refractivity contribution in [3.8, 4) is 5.75 Å². The predicted octanol–water partition coefficient (Wildman–Crippen LogP) is 6.94. The van der Waals surface area contributed by atoms with Gasteiger partial charge in [-0.05, 0) is 23.8 Å². The number of hydrogen-bond donors (Lipinski definition) is 1. The molecule has 0 amide bonds. The predicted molar refractivity (Wildman–Crippen MR) is 98.9 cm³/mol. The fourth-order valence-electron chi connectivity index (χ4n) is 1.99. The number of halogens is 10. The first kappa shape index (κ1) is 24.4. The smallest absolute Gasteiger partial charge is 0.462 e. The summed E-state index contributed by atoms with van der Waals surface area (Å²) in [4.78, 5) is 0. The average molecular weight is 498 g/mol. The lowest BCUT2D eigenvalue weighted by molar-refractivity contribution is -0.361. The van der Waals surface area contributed by atoms with Crippen molar-refractivity contribution < 1.29 is 35.5 Å². The molecular formula is C17H10Cl3F7N2O. The van der Waals surface area contributed by atoms with E-state index in [1.165, 1.54) is 0 Å². The van der Waals surface area contributed by atoms with Crippen molar-refractivity contribution in [1.82, 2.24) is 5.43 Å². The van der Waals surface area contributed by atoms with E-state index in [4.69, 9.17) is 39.5 Å². The van der Waals surface area contributed by atoms with E-state index in [0.717, 1.165) is 12.1 Å². The van der Waals surface area contributed by atoms with Crippen molar-refractivity contribution in [3.63, 3.8) is 0 Å². The fraction of sp³-hybridized carbons (Fsp3) is 0.235. The molecule has 0 radical (unpaired) electrons. The second-order valence-corrected chi connectivity index (χ2v) is 6.93. The molecule has 0 spiro atoms. The minimum absolute atomic E-state index is 0.00709. The normalized spacial score (nSPS) is 13.0. The Balaban J connectivity index is 2.12. The number of nitrogens with zero attached hydrogens (tertiary/aromatic N) is 1. The average Bonchev–Trinajstić information content (AvgIpc) is 2.61. The number of hydrogen-bond acceptors (Lipinski definition) is 3. The Labute approximate surface area is 180 Å². The van der Waals surface area contributed by atoms with Gasteiger partial charge in [0.15, 0.2) is 5.75 Å². The third kappa shape index (κ3) is 5.41. The molecule has 0 aliphatic heterocycles. The Hall–Kier alpha value is -1.91. The highest BCUT2D eigenvalue weighted by molar-refractivity contribution is 6.37. The Morgan fingerprint density at radius 1 is 0.900 bits per heavy atom. The molecule has 2 rings (SSSR count). The SMILES string of the molecule is FC(F)(F)C(F)(F)C(F)(F)N/N=C/c1cc(Cl)c(OCc2ccccc2Cl)c(Cl)c1. The van der Waals surface area contributed by atoms with Gasteiger partial charge in [-0.25, -0.2) is 5.43 Å². The molecule has 2 aromatic rings. The van der Waals surface area contributed by atoms with Crippen molar-refractivity contribution in [1.29, 1.82) is 0 Å². The Kier molecular flexibility index (Phi) is 7.36. The zero-order chi connectivity index (χ0) is 22.7. The monoisotopic (exact) mass is 496 g/mol. The summed E-state index contributed by atoms with van der Waals surface area (Å²) >= 11 is 18.0. The van der Waals surface area contributed by atoms with Gasteiger partial charge in [0, 0.05) is 10.6 Å². The van der Waals surface area contributed by atoms with E-state index in [2.05, 4.69) is 5.10 Å². The molecule has 0 aliphatic rings. The van der Waals surface area contributed by atoms with Gasteiger partial charge in [-0.3, -0.25) is 0 Å². The second kappa shape index (κ2) is 9.07. The third-order valence-corrected chi connectivity index (χ3v) is 4.45. The molecule has 2 aromatic carbocycles. The van der Waals surface area contributed by atoms with E-state index in [-0.39, 0.29) is 28.0 Å². The van der Waals surface area contributed by atoms with Crippen LogP contribution in [0.5, 0.6) is 5.75 Å². The molecule has 0 saturated carbocycles. The molecule has 0 aromatic heterocycles. The summed E-state index contributed by atoms with van der Waals surface area (Å²) in [6.07, 6.45) is -5.94. The topological polar surface area (TPSA) is 33.6 Å². The van der Waals surface area contributed by atoms with Crippen LogP contribution in [0.4, 0.5) is 30.7 Å². The summed E-state index contributed by atoms with van der Waals surface area (Å²) in [5.74, 6) is -6.33.